The van der Waals surface area contributed by atoms with Crippen molar-refractivity contribution in [3.63, 3.8) is 0 Å². The SMILES string of the molecule is C=C1C(=O)C(Nc2ccccc2Cl)=C1NC1CCCCC1. The minimum atomic E-state index is -0.0340. The van der Waals surface area contributed by atoms with E-state index in [4.69, 9.17) is 11.6 Å². The van der Waals surface area contributed by atoms with Crippen molar-refractivity contribution < 1.29 is 4.79 Å². The first-order valence-corrected chi connectivity index (χ1v) is 7.81. The van der Waals surface area contributed by atoms with Crippen molar-refractivity contribution in [3.8, 4) is 0 Å². The number of hydrogen-bond acceptors (Lipinski definition) is 3. The Balaban J connectivity index is 1.78. The zero-order chi connectivity index (χ0) is 14.8. The van der Waals surface area contributed by atoms with Gasteiger partial charge in [0.05, 0.1) is 16.4 Å². The fourth-order valence-electron chi connectivity index (χ4n) is 2.89. The lowest BCUT2D eigenvalue weighted by Crippen LogP contribution is -2.40. The fourth-order valence-corrected chi connectivity index (χ4v) is 3.08. The summed E-state index contributed by atoms with van der Waals surface area (Å²) < 4.78 is 0. The second-order valence-corrected chi connectivity index (χ2v) is 6.05. The molecule has 0 bridgehead atoms. The van der Waals surface area contributed by atoms with Gasteiger partial charge in [-0.1, -0.05) is 49.6 Å². The molecule has 0 heterocycles. The first-order valence-electron chi connectivity index (χ1n) is 7.43. The molecule has 110 valence electrons. The number of rotatable bonds is 4. The average Bonchev–Trinajstić information content (AvgIpc) is 2.53. The van der Waals surface area contributed by atoms with Crippen molar-refractivity contribution in [1.29, 1.82) is 0 Å². The number of carbonyl (C=O) groups is 1. The summed E-state index contributed by atoms with van der Waals surface area (Å²) >= 11 is 6.13. The van der Waals surface area contributed by atoms with E-state index < -0.39 is 0 Å². The van der Waals surface area contributed by atoms with Gasteiger partial charge in [-0.2, -0.15) is 0 Å². The van der Waals surface area contributed by atoms with Crippen molar-refractivity contribution >= 4 is 23.1 Å². The zero-order valence-electron chi connectivity index (χ0n) is 11.9. The van der Waals surface area contributed by atoms with Gasteiger partial charge in [-0.25, -0.2) is 0 Å². The molecule has 0 aliphatic heterocycles. The number of para-hydroxylation sites is 1. The van der Waals surface area contributed by atoms with Gasteiger partial charge in [-0.15, -0.1) is 0 Å². The molecule has 4 heteroatoms. The summed E-state index contributed by atoms with van der Waals surface area (Å²) in [4.78, 5) is 12.0. The van der Waals surface area contributed by atoms with Crippen LogP contribution in [0.5, 0.6) is 0 Å². The highest BCUT2D eigenvalue weighted by molar-refractivity contribution is 6.33. The number of anilines is 1. The molecule has 0 atom stereocenters. The Morgan fingerprint density at radius 2 is 1.81 bits per heavy atom. The zero-order valence-corrected chi connectivity index (χ0v) is 12.7. The Labute approximate surface area is 130 Å². The highest BCUT2D eigenvalue weighted by Gasteiger charge is 2.34. The van der Waals surface area contributed by atoms with Gasteiger partial charge >= 0.3 is 0 Å². The predicted molar refractivity (Wildman–Crippen MR) is 86.3 cm³/mol. The van der Waals surface area contributed by atoms with E-state index in [-0.39, 0.29) is 5.78 Å². The van der Waals surface area contributed by atoms with E-state index in [1.54, 1.807) is 6.07 Å². The van der Waals surface area contributed by atoms with Crippen LogP contribution in [0.2, 0.25) is 5.02 Å². The monoisotopic (exact) mass is 302 g/mol. The third-order valence-corrected chi connectivity index (χ3v) is 4.47. The van der Waals surface area contributed by atoms with Gasteiger partial charge in [0.1, 0.15) is 5.70 Å². The van der Waals surface area contributed by atoms with Crippen molar-refractivity contribution in [2.75, 3.05) is 5.32 Å². The third-order valence-electron chi connectivity index (χ3n) is 4.14. The average molecular weight is 303 g/mol. The largest absolute Gasteiger partial charge is 0.380 e. The van der Waals surface area contributed by atoms with Crippen LogP contribution in [0.3, 0.4) is 0 Å². The molecule has 1 aromatic carbocycles. The second-order valence-electron chi connectivity index (χ2n) is 5.64. The fraction of sp³-hybridized carbons (Fsp3) is 0.353. The van der Waals surface area contributed by atoms with E-state index in [1.165, 1.54) is 19.3 Å². The van der Waals surface area contributed by atoms with E-state index in [1.807, 2.05) is 18.2 Å². The van der Waals surface area contributed by atoms with E-state index in [2.05, 4.69) is 17.2 Å². The van der Waals surface area contributed by atoms with E-state index in [0.29, 0.717) is 22.3 Å². The van der Waals surface area contributed by atoms with E-state index in [0.717, 1.165) is 24.2 Å². The number of benzene rings is 1. The summed E-state index contributed by atoms with van der Waals surface area (Å²) in [5.74, 6) is -0.0340. The number of carbonyl (C=O) groups excluding carboxylic acids is 1. The molecule has 1 fully saturated rings. The first kappa shape index (κ1) is 14.2. The summed E-state index contributed by atoms with van der Waals surface area (Å²) in [5.41, 5.74) is 2.75. The molecule has 3 nitrogen and oxygen atoms in total. The topological polar surface area (TPSA) is 41.1 Å². The summed E-state index contributed by atoms with van der Waals surface area (Å²) in [6, 6.07) is 7.87. The summed E-state index contributed by atoms with van der Waals surface area (Å²) in [7, 11) is 0. The Morgan fingerprint density at radius 3 is 2.52 bits per heavy atom. The Hall–Kier alpha value is -1.74. The lowest BCUT2D eigenvalue weighted by molar-refractivity contribution is -0.113. The molecule has 2 aliphatic rings. The number of hydrogen-bond donors (Lipinski definition) is 2. The second kappa shape index (κ2) is 5.94. The van der Waals surface area contributed by atoms with Gasteiger partial charge in [0.2, 0.25) is 5.78 Å². The van der Waals surface area contributed by atoms with Crippen LogP contribution < -0.4 is 10.6 Å². The van der Waals surface area contributed by atoms with Crippen LogP contribution in [-0.2, 0) is 4.79 Å². The van der Waals surface area contributed by atoms with Crippen LogP contribution in [0.1, 0.15) is 32.1 Å². The quantitative estimate of drug-likeness (QED) is 0.825. The Morgan fingerprint density at radius 1 is 1.10 bits per heavy atom. The van der Waals surface area contributed by atoms with Crippen LogP contribution in [0, 0.1) is 0 Å². The van der Waals surface area contributed by atoms with Crippen LogP contribution >= 0.6 is 11.6 Å². The molecule has 3 rings (SSSR count). The molecule has 0 radical (unpaired) electrons. The van der Waals surface area contributed by atoms with E-state index >= 15 is 0 Å². The number of halogens is 1. The number of allylic oxidation sites excluding steroid dienone is 2. The van der Waals surface area contributed by atoms with Crippen molar-refractivity contribution in [2.24, 2.45) is 0 Å². The molecular formula is C17H19ClN2O. The number of Topliss-reactive ketones (excluding diaryl/α,β-unsaturated/α-hetero) is 1. The summed E-state index contributed by atoms with van der Waals surface area (Å²) in [6.45, 7) is 3.86. The highest BCUT2D eigenvalue weighted by atomic mass is 35.5. The molecule has 2 N–H and O–H groups in total. The maximum atomic E-state index is 12.0. The third kappa shape index (κ3) is 2.84. The van der Waals surface area contributed by atoms with Crippen LogP contribution in [0.4, 0.5) is 5.69 Å². The van der Waals surface area contributed by atoms with Crippen molar-refractivity contribution in [3.05, 3.63) is 52.8 Å². The lowest BCUT2D eigenvalue weighted by Gasteiger charge is -2.32. The summed E-state index contributed by atoms with van der Waals surface area (Å²) in [6.07, 6.45) is 6.12. The molecule has 2 aliphatic carbocycles. The maximum absolute atomic E-state index is 12.0. The van der Waals surface area contributed by atoms with Gasteiger partial charge in [0, 0.05) is 11.6 Å². The number of ketones is 1. The maximum Gasteiger partial charge on any atom is 0.212 e. The highest BCUT2D eigenvalue weighted by Crippen LogP contribution is 2.32. The van der Waals surface area contributed by atoms with Gasteiger partial charge < -0.3 is 10.6 Å². The van der Waals surface area contributed by atoms with Crippen LogP contribution in [-0.4, -0.2) is 11.8 Å². The smallest absolute Gasteiger partial charge is 0.212 e. The number of nitrogens with one attached hydrogen (secondary N) is 2. The van der Waals surface area contributed by atoms with Gasteiger partial charge in [-0.3, -0.25) is 4.79 Å². The molecule has 0 amide bonds. The van der Waals surface area contributed by atoms with E-state index in [9.17, 15) is 4.79 Å². The van der Waals surface area contributed by atoms with Crippen molar-refractivity contribution in [1.82, 2.24) is 5.32 Å². The van der Waals surface area contributed by atoms with Crippen LogP contribution in [0.15, 0.2) is 47.8 Å². The minimum Gasteiger partial charge on any atom is -0.380 e. The van der Waals surface area contributed by atoms with Gasteiger partial charge in [-0.05, 0) is 25.0 Å². The van der Waals surface area contributed by atoms with Crippen LogP contribution in [0.25, 0.3) is 0 Å². The standard InChI is InChI=1S/C17H19ClN2O/c1-11-15(19-12-7-3-2-4-8-12)16(17(11)21)20-14-10-6-5-9-13(14)18/h5-6,9-10,12,19-20H,1-4,7-8H2. The molecular weight excluding hydrogens is 284 g/mol. The lowest BCUT2D eigenvalue weighted by atomic mass is 9.89. The van der Waals surface area contributed by atoms with Gasteiger partial charge in [0.25, 0.3) is 0 Å². The molecule has 1 aromatic rings. The first-order chi connectivity index (χ1) is 10.2. The van der Waals surface area contributed by atoms with Gasteiger partial charge in [0.15, 0.2) is 0 Å². The van der Waals surface area contributed by atoms with Crippen molar-refractivity contribution in [2.45, 2.75) is 38.1 Å². The molecule has 21 heavy (non-hydrogen) atoms. The Kier molecular flexibility index (Phi) is 4.02. The normalized spacial score (nSPS) is 19.5. The molecule has 0 unspecified atom stereocenters. The Bertz CT molecular complexity index is 615. The predicted octanol–water partition coefficient (Wildman–Crippen LogP) is 4.02. The molecule has 0 aromatic heterocycles. The molecule has 0 spiro atoms. The summed E-state index contributed by atoms with van der Waals surface area (Å²) in [5, 5.41) is 7.22. The minimum absolute atomic E-state index is 0.0340. The molecule has 1 saturated carbocycles. The molecule has 0 saturated heterocycles.